The summed E-state index contributed by atoms with van der Waals surface area (Å²) >= 11 is -5.86. The van der Waals surface area contributed by atoms with Crippen LogP contribution in [0.4, 0.5) is 0 Å². The van der Waals surface area contributed by atoms with E-state index >= 15 is 0 Å². The monoisotopic (exact) mass is 376 g/mol. The van der Waals surface area contributed by atoms with Gasteiger partial charge in [-0.2, -0.15) is 0 Å². The zero-order chi connectivity index (χ0) is 11.2. The van der Waals surface area contributed by atoms with E-state index in [4.69, 9.17) is 14.2 Å². The minimum absolute atomic E-state index is 1.09. The first-order valence-electron chi connectivity index (χ1n) is 3.94. The normalized spacial score (nSPS) is 10.5. The molecule has 0 saturated heterocycles. The van der Waals surface area contributed by atoms with E-state index in [0.717, 1.165) is 6.42 Å². The van der Waals surface area contributed by atoms with E-state index in [0.29, 0.717) is 0 Å². The molecule has 1 aromatic rings. The summed E-state index contributed by atoms with van der Waals surface area (Å²) in [7, 11) is 2.03. The van der Waals surface area contributed by atoms with E-state index in [1.165, 1.54) is 12.2 Å². The first-order chi connectivity index (χ1) is 6.34. The second-order valence-corrected chi connectivity index (χ2v) is 5.45. The third-order valence-electron chi connectivity index (χ3n) is 1.39. The van der Waals surface area contributed by atoms with Gasteiger partial charge in [-0.05, 0) is 6.42 Å². The Bertz CT molecular complexity index is 401. The Balaban J connectivity index is 0.000000292. The number of aryl methyl sites for hydroxylation is 2. The van der Waals surface area contributed by atoms with Gasteiger partial charge in [0.2, 0.25) is 0 Å². The number of rotatable bonds is 2. The molecule has 6 nitrogen and oxygen atoms in total. The van der Waals surface area contributed by atoms with Gasteiger partial charge in [-0.1, -0.05) is 6.92 Å². The van der Waals surface area contributed by atoms with E-state index in [1.807, 2.05) is 19.4 Å². The summed E-state index contributed by atoms with van der Waals surface area (Å²) < 4.78 is 35.4. The van der Waals surface area contributed by atoms with Crippen molar-refractivity contribution < 1.29 is 30.0 Å². The van der Waals surface area contributed by atoms with Crippen molar-refractivity contribution in [3.8, 4) is 0 Å². The van der Waals surface area contributed by atoms with Crippen LogP contribution in [0.1, 0.15) is 19.2 Å². The second-order valence-electron chi connectivity index (χ2n) is 2.60. The number of aromatic nitrogens is 2. The van der Waals surface area contributed by atoms with Crippen LogP contribution in [0.25, 0.3) is 0 Å². The fraction of sp³-hybridized carbons (Fsp3) is 0.571. The second kappa shape index (κ2) is 5.86. The van der Waals surface area contributed by atoms with Gasteiger partial charge >= 0.3 is 30.0 Å². The molecular formula is C7H13N2O4Re. The topological polar surface area (TPSA) is 89.3 Å². The molecule has 1 rings (SSSR count). The third kappa shape index (κ3) is 7.86. The number of hydrogen-bond acceptors (Lipinski definition) is 4. The molecule has 0 fully saturated rings. The van der Waals surface area contributed by atoms with Crippen molar-refractivity contribution in [1.29, 1.82) is 0 Å². The number of imidazole rings is 1. The van der Waals surface area contributed by atoms with Crippen LogP contribution in [0.3, 0.4) is 0 Å². The Morgan fingerprint density at radius 2 is 2.00 bits per heavy atom. The molecule has 0 aliphatic heterocycles. The molecule has 14 heavy (non-hydrogen) atoms. The van der Waals surface area contributed by atoms with Crippen LogP contribution in [0.2, 0.25) is 0 Å². The molecule has 0 aromatic carbocycles. The van der Waals surface area contributed by atoms with Gasteiger partial charge in [-0.3, -0.25) is 0 Å². The molecule has 82 valence electrons. The summed E-state index contributed by atoms with van der Waals surface area (Å²) in [6.45, 7) is 2.16. The van der Waals surface area contributed by atoms with Crippen molar-refractivity contribution in [3.05, 3.63) is 18.2 Å². The molecule has 1 aromatic heterocycles. The van der Waals surface area contributed by atoms with Crippen LogP contribution >= 0.6 is 0 Å². The summed E-state index contributed by atoms with van der Waals surface area (Å²) in [6.07, 6.45) is 6.07. The molecule has 1 heterocycles. The minimum atomic E-state index is -5.86. The summed E-state index contributed by atoms with van der Waals surface area (Å²) in [5.41, 5.74) is 0. The molecule has 0 amide bonds. The fourth-order valence-electron chi connectivity index (χ4n) is 0.861. The van der Waals surface area contributed by atoms with Crippen molar-refractivity contribution in [2.24, 2.45) is 7.05 Å². The Morgan fingerprint density at radius 1 is 1.50 bits per heavy atom. The predicted octanol–water partition coefficient (Wildman–Crippen LogP) is 0.457. The van der Waals surface area contributed by atoms with Crippen molar-refractivity contribution in [3.63, 3.8) is 0 Å². The Morgan fingerprint density at radius 3 is 2.29 bits per heavy atom. The quantitative estimate of drug-likeness (QED) is 0.811. The van der Waals surface area contributed by atoms with Gasteiger partial charge in [0.05, 0.1) is 0 Å². The van der Waals surface area contributed by atoms with Crippen molar-refractivity contribution in [2.75, 3.05) is 0 Å². The zero-order valence-electron chi connectivity index (χ0n) is 8.01. The van der Waals surface area contributed by atoms with Gasteiger partial charge in [0.25, 0.3) is 0 Å². The SMILES string of the molecule is CCCc1nccn1C.[O]=[Re](=[O])(=[O])[OH]. The molecule has 0 aliphatic carbocycles. The van der Waals surface area contributed by atoms with Gasteiger partial charge < -0.3 is 4.57 Å². The fourth-order valence-corrected chi connectivity index (χ4v) is 0.861. The van der Waals surface area contributed by atoms with Crippen LogP contribution in [-0.2, 0) is 39.7 Å². The van der Waals surface area contributed by atoms with Crippen molar-refractivity contribution >= 4 is 0 Å². The average molecular weight is 375 g/mol. The molecule has 0 atom stereocenters. The van der Waals surface area contributed by atoms with E-state index in [-0.39, 0.29) is 0 Å². The van der Waals surface area contributed by atoms with E-state index in [9.17, 15) is 0 Å². The molecule has 0 aliphatic rings. The zero-order valence-corrected chi connectivity index (χ0v) is 10.7. The van der Waals surface area contributed by atoms with Gasteiger partial charge in [-0.15, -0.1) is 0 Å². The molecule has 0 bridgehead atoms. The van der Waals surface area contributed by atoms with E-state index < -0.39 is 15.8 Å². The molecule has 1 N–H and O–H groups in total. The Labute approximate surface area is 84.9 Å². The molecule has 7 heteroatoms. The van der Waals surface area contributed by atoms with E-state index in [1.54, 1.807) is 0 Å². The summed E-state index contributed by atoms with van der Waals surface area (Å²) in [5, 5.41) is 0. The Kier molecular flexibility index (Phi) is 5.54. The molecule has 0 saturated carbocycles. The molecule has 0 unspecified atom stereocenters. The van der Waals surface area contributed by atoms with Crippen molar-refractivity contribution in [1.82, 2.24) is 9.55 Å². The van der Waals surface area contributed by atoms with Crippen LogP contribution in [-0.4, -0.2) is 13.4 Å². The van der Waals surface area contributed by atoms with Crippen LogP contribution in [0.5, 0.6) is 0 Å². The first-order valence-corrected chi connectivity index (χ1v) is 8.48. The van der Waals surface area contributed by atoms with Crippen LogP contribution in [0.15, 0.2) is 12.4 Å². The third-order valence-corrected chi connectivity index (χ3v) is 1.39. The number of hydrogen-bond donors (Lipinski definition) is 1. The predicted molar refractivity (Wildman–Crippen MR) is 41.5 cm³/mol. The van der Waals surface area contributed by atoms with Gasteiger partial charge in [0, 0.05) is 25.9 Å². The summed E-state index contributed by atoms with van der Waals surface area (Å²) in [4.78, 5) is 4.17. The Hall–Kier alpha value is -0.768. The van der Waals surface area contributed by atoms with Crippen LogP contribution in [0, 0.1) is 0 Å². The van der Waals surface area contributed by atoms with Gasteiger partial charge in [0.15, 0.2) is 0 Å². The van der Waals surface area contributed by atoms with Crippen molar-refractivity contribution in [2.45, 2.75) is 19.8 Å². The number of nitrogens with zero attached hydrogens (tertiary/aromatic N) is 2. The van der Waals surface area contributed by atoms with Gasteiger partial charge in [-0.25, -0.2) is 4.98 Å². The maximum absolute atomic E-state index is 8.75. The first kappa shape index (κ1) is 13.2. The molecular weight excluding hydrogens is 362 g/mol. The van der Waals surface area contributed by atoms with E-state index in [2.05, 4.69) is 16.5 Å². The average Bonchev–Trinajstić information content (AvgIpc) is 2.34. The standard InChI is InChI=1S/C7H12N2.H2O.3O.Re/c1-3-4-7-8-5-6-9(7)2;;;;;/h5-6H,3-4H2,1-2H3;1H2;;;;/q;;;;;+1/p-1. The summed E-state index contributed by atoms with van der Waals surface area (Å²) in [6, 6.07) is 0. The molecule has 0 spiro atoms. The maximum atomic E-state index is 8.75. The summed E-state index contributed by atoms with van der Waals surface area (Å²) in [5.74, 6) is 1.18. The molecule has 0 radical (unpaired) electrons. The van der Waals surface area contributed by atoms with Gasteiger partial charge in [0.1, 0.15) is 5.82 Å². The van der Waals surface area contributed by atoms with Crippen LogP contribution < -0.4 is 0 Å².